The smallest absolute Gasteiger partial charge is 0.344 e. The van der Waals surface area contributed by atoms with Crippen LogP contribution < -0.4 is 0 Å². The Bertz CT molecular complexity index is 650. The van der Waals surface area contributed by atoms with Crippen LogP contribution in [-0.4, -0.2) is 12.6 Å². The van der Waals surface area contributed by atoms with E-state index in [0.717, 1.165) is 25.7 Å². The molecule has 0 atom stereocenters. The van der Waals surface area contributed by atoms with Crippen LogP contribution in [0.3, 0.4) is 0 Å². The van der Waals surface area contributed by atoms with Gasteiger partial charge in [-0.1, -0.05) is 103 Å². The van der Waals surface area contributed by atoms with Gasteiger partial charge in [0.05, 0.1) is 6.61 Å². The van der Waals surface area contributed by atoms with E-state index in [1.54, 1.807) is 0 Å². The molecule has 1 aromatic carbocycles. The molecule has 0 amide bonds. The minimum absolute atomic E-state index is 0.128. The number of esters is 1. The van der Waals surface area contributed by atoms with Gasteiger partial charge in [0.1, 0.15) is 5.56 Å². The van der Waals surface area contributed by atoms with E-state index in [-0.39, 0.29) is 6.61 Å². The van der Waals surface area contributed by atoms with Gasteiger partial charge in [0.25, 0.3) is 0 Å². The first-order valence-electron chi connectivity index (χ1n) is 12.1. The van der Waals surface area contributed by atoms with Crippen LogP contribution in [0.5, 0.6) is 0 Å². The molecule has 1 aromatic rings. The van der Waals surface area contributed by atoms with Gasteiger partial charge in [-0.05, 0) is 6.42 Å². The molecule has 0 fully saturated rings. The fourth-order valence-corrected chi connectivity index (χ4v) is 3.67. The third kappa shape index (κ3) is 10.3. The summed E-state index contributed by atoms with van der Waals surface area (Å²) in [5.41, 5.74) is -1.54. The van der Waals surface area contributed by atoms with Gasteiger partial charge in [0.15, 0.2) is 23.3 Å². The molecule has 0 N–H and O–H groups in total. The summed E-state index contributed by atoms with van der Waals surface area (Å²) in [7, 11) is 0. The molecule has 1 rings (SSSR count). The molecule has 0 unspecified atom stereocenters. The van der Waals surface area contributed by atoms with Crippen LogP contribution in [0, 0.1) is 29.1 Å². The van der Waals surface area contributed by atoms with Crippen LogP contribution in [0.25, 0.3) is 0 Å². The molecule has 7 heteroatoms. The normalized spacial score (nSPS) is 11.2. The number of benzene rings is 1. The van der Waals surface area contributed by atoms with Gasteiger partial charge in [0.2, 0.25) is 5.82 Å². The van der Waals surface area contributed by atoms with Gasteiger partial charge in [0, 0.05) is 0 Å². The number of hydrogen-bond acceptors (Lipinski definition) is 2. The van der Waals surface area contributed by atoms with Crippen molar-refractivity contribution in [2.75, 3.05) is 6.61 Å². The fraction of sp³-hybridized carbons (Fsp3) is 0.720. The lowest BCUT2D eigenvalue weighted by molar-refractivity contribution is 0.0483. The molecule has 0 heterocycles. The van der Waals surface area contributed by atoms with E-state index in [4.69, 9.17) is 0 Å². The number of carbonyl (C=O) groups excluding carboxylic acids is 1. The summed E-state index contributed by atoms with van der Waals surface area (Å²) in [6, 6.07) is 0. The van der Waals surface area contributed by atoms with E-state index in [1.807, 2.05) is 0 Å². The summed E-state index contributed by atoms with van der Waals surface area (Å²) in [6.45, 7) is 2.10. The zero-order valence-corrected chi connectivity index (χ0v) is 19.2. The first-order chi connectivity index (χ1) is 15.4. The molecule has 0 aliphatic carbocycles. The van der Waals surface area contributed by atoms with Crippen molar-refractivity contribution in [3.63, 3.8) is 0 Å². The Morgan fingerprint density at radius 2 is 0.844 bits per heavy atom. The van der Waals surface area contributed by atoms with Gasteiger partial charge in [-0.3, -0.25) is 0 Å². The van der Waals surface area contributed by atoms with E-state index < -0.39 is 40.6 Å². The van der Waals surface area contributed by atoms with E-state index in [2.05, 4.69) is 11.7 Å². The topological polar surface area (TPSA) is 26.3 Å². The molecule has 0 radical (unpaired) electrons. The maximum absolute atomic E-state index is 13.6. The van der Waals surface area contributed by atoms with Gasteiger partial charge >= 0.3 is 5.97 Å². The monoisotopic (exact) mass is 464 g/mol. The van der Waals surface area contributed by atoms with Crippen molar-refractivity contribution in [1.29, 1.82) is 0 Å². The number of halogens is 5. The molecule has 0 aromatic heterocycles. The van der Waals surface area contributed by atoms with Crippen molar-refractivity contribution in [2.24, 2.45) is 0 Å². The summed E-state index contributed by atoms with van der Waals surface area (Å²) >= 11 is 0. The van der Waals surface area contributed by atoms with Gasteiger partial charge in [-0.2, -0.15) is 0 Å². The van der Waals surface area contributed by atoms with Gasteiger partial charge in [-0.15, -0.1) is 0 Å². The zero-order valence-electron chi connectivity index (χ0n) is 19.2. The molecule has 32 heavy (non-hydrogen) atoms. The summed E-state index contributed by atoms with van der Waals surface area (Å²) < 4.78 is 71.1. The highest BCUT2D eigenvalue weighted by Crippen LogP contribution is 2.23. The molecule has 0 spiro atoms. The van der Waals surface area contributed by atoms with Crippen LogP contribution >= 0.6 is 0 Å². The fourth-order valence-electron chi connectivity index (χ4n) is 3.67. The van der Waals surface area contributed by atoms with Crippen molar-refractivity contribution < 1.29 is 31.5 Å². The van der Waals surface area contributed by atoms with Crippen LogP contribution in [-0.2, 0) is 4.74 Å². The predicted octanol–water partition coefficient (Wildman–Crippen LogP) is 8.80. The van der Waals surface area contributed by atoms with Gasteiger partial charge in [-0.25, -0.2) is 26.7 Å². The molecule has 0 aliphatic rings. The minimum Gasteiger partial charge on any atom is -0.462 e. The summed E-state index contributed by atoms with van der Waals surface area (Å²) in [6.07, 6.45) is 18.8. The Morgan fingerprint density at radius 3 is 1.22 bits per heavy atom. The number of unbranched alkanes of at least 4 members (excludes halogenated alkanes) is 15. The highest BCUT2D eigenvalue weighted by Gasteiger charge is 2.30. The quantitative estimate of drug-likeness (QED) is 0.0713. The predicted molar refractivity (Wildman–Crippen MR) is 116 cm³/mol. The zero-order chi connectivity index (χ0) is 23.8. The SMILES string of the molecule is CCCCCCCCCCCCCCCCCCOC(=O)c1c(F)c(F)c(F)c(F)c1F. The van der Waals surface area contributed by atoms with E-state index in [9.17, 15) is 26.7 Å². The standard InChI is InChI=1S/C25H37F5O2/c1-2-3-4-5-6-7-8-9-10-11-12-13-14-15-16-17-18-32-25(31)19-20(26)22(28)24(30)23(29)21(19)27/h2-18H2,1H3. The Labute approximate surface area is 188 Å². The summed E-state index contributed by atoms with van der Waals surface area (Å²) in [5, 5.41) is 0. The lowest BCUT2D eigenvalue weighted by Crippen LogP contribution is -2.15. The maximum Gasteiger partial charge on any atom is 0.344 e. The van der Waals surface area contributed by atoms with Gasteiger partial charge < -0.3 is 4.74 Å². The number of ether oxygens (including phenoxy) is 1. The lowest BCUT2D eigenvalue weighted by Gasteiger charge is -2.08. The van der Waals surface area contributed by atoms with Crippen LogP contribution in [0.4, 0.5) is 22.0 Å². The Morgan fingerprint density at radius 1 is 0.531 bits per heavy atom. The molecular formula is C25H37F5O2. The molecule has 0 bridgehead atoms. The van der Waals surface area contributed by atoms with E-state index in [0.29, 0.717) is 6.42 Å². The Balaban J connectivity index is 2.01. The summed E-state index contributed by atoms with van der Waals surface area (Å²) in [5.74, 6) is -12.5. The minimum atomic E-state index is -2.30. The third-order valence-corrected chi connectivity index (χ3v) is 5.64. The van der Waals surface area contributed by atoms with Crippen molar-refractivity contribution in [3.8, 4) is 0 Å². The average Bonchev–Trinajstić information content (AvgIpc) is 2.78. The highest BCUT2D eigenvalue weighted by molar-refractivity contribution is 5.90. The Kier molecular flexibility index (Phi) is 15.0. The lowest BCUT2D eigenvalue weighted by atomic mass is 10.0. The van der Waals surface area contributed by atoms with Crippen LogP contribution in [0.1, 0.15) is 120 Å². The van der Waals surface area contributed by atoms with Crippen LogP contribution in [0.15, 0.2) is 0 Å². The number of rotatable bonds is 18. The first kappa shape index (κ1) is 28.4. The average molecular weight is 465 g/mol. The second-order valence-corrected chi connectivity index (χ2v) is 8.38. The molecule has 0 saturated carbocycles. The molecule has 0 saturated heterocycles. The largest absolute Gasteiger partial charge is 0.462 e. The number of carbonyl (C=O) groups is 1. The summed E-state index contributed by atoms with van der Waals surface area (Å²) in [4.78, 5) is 11.7. The van der Waals surface area contributed by atoms with E-state index in [1.165, 1.54) is 70.6 Å². The molecule has 184 valence electrons. The van der Waals surface area contributed by atoms with Crippen molar-refractivity contribution in [2.45, 2.75) is 110 Å². The molecular weight excluding hydrogens is 427 g/mol. The third-order valence-electron chi connectivity index (χ3n) is 5.64. The molecule has 2 nitrogen and oxygen atoms in total. The van der Waals surface area contributed by atoms with Crippen molar-refractivity contribution in [1.82, 2.24) is 0 Å². The number of hydrogen-bond donors (Lipinski definition) is 0. The Hall–Kier alpha value is -1.66. The highest BCUT2D eigenvalue weighted by atomic mass is 19.2. The van der Waals surface area contributed by atoms with Crippen molar-refractivity contribution in [3.05, 3.63) is 34.6 Å². The second-order valence-electron chi connectivity index (χ2n) is 8.38. The molecule has 0 aliphatic heterocycles. The first-order valence-corrected chi connectivity index (χ1v) is 12.1. The second kappa shape index (κ2) is 16.9. The van der Waals surface area contributed by atoms with Crippen molar-refractivity contribution >= 4 is 5.97 Å². The van der Waals surface area contributed by atoms with Crippen LogP contribution in [0.2, 0.25) is 0 Å². The maximum atomic E-state index is 13.6. The van der Waals surface area contributed by atoms with E-state index >= 15 is 0 Å².